The maximum Gasteiger partial charge on any atom is 0.280 e. The van der Waals surface area contributed by atoms with Crippen LogP contribution < -0.4 is 5.73 Å². The largest absolute Gasteiger partial charge is 0.326 e. The molecule has 0 saturated carbocycles. The van der Waals surface area contributed by atoms with Crippen molar-refractivity contribution in [1.29, 1.82) is 0 Å². The van der Waals surface area contributed by atoms with Gasteiger partial charge in [0.05, 0.1) is 3.57 Å². The maximum absolute atomic E-state index is 12.2. The van der Waals surface area contributed by atoms with Gasteiger partial charge >= 0.3 is 0 Å². The molecular formula is C7H6ClF2IN2. The summed E-state index contributed by atoms with van der Waals surface area (Å²) in [6.07, 6.45) is -2.61. The van der Waals surface area contributed by atoms with E-state index in [1.807, 2.05) is 22.6 Å². The van der Waals surface area contributed by atoms with Crippen LogP contribution >= 0.6 is 34.2 Å². The first-order valence-electron chi connectivity index (χ1n) is 3.39. The zero-order valence-corrected chi connectivity index (χ0v) is 9.31. The van der Waals surface area contributed by atoms with Gasteiger partial charge in [0.15, 0.2) is 0 Å². The van der Waals surface area contributed by atoms with Gasteiger partial charge in [-0.1, -0.05) is 11.6 Å². The highest BCUT2D eigenvalue weighted by Gasteiger charge is 2.14. The molecule has 0 bridgehead atoms. The zero-order chi connectivity index (χ0) is 10.0. The Kier molecular flexibility index (Phi) is 3.81. The summed E-state index contributed by atoms with van der Waals surface area (Å²) in [7, 11) is 0. The molecule has 0 atom stereocenters. The molecule has 0 unspecified atom stereocenters. The monoisotopic (exact) mass is 318 g/mol. The van der Waals surface area contributed by atoms with Crippen LogP contribution in [0.1, 0.15) is 17.7 Å². The van der Waals surface area contributed by atoms with E-state index in [0.29, 0.717) is 9.13 Å². The van der Waals surface area contributed by atoms with E-state index in [4.69, 9.17) is 17.3 Å². The van der Waals surface area contributed by atoms with E-state index in [0.717, 1.165) is 0 Å². The summed E-state index contributed by atoms with van der Waals surface area (Å²) in [6, 6.07) is 1.28. The van der Waals surface area contributed by atoms with E-state index in [1.54, 1.807) is 0 Å². The van der Waals surface area contributed by atoms with Crippen LogP contribution in [-0.4, -0.2) is 4.98 Å². The molecule has 0 aliphatic carbocycles. The van der Waals surface area contributed by atoms with Crippen molar-refractivity contribution in [3.05, 3.63) is 26.0 Å². The van der Waals surface area contributed by atoms with Crippen LogP contribution in [-0.2, 0) is 6.54 Å². The average molecular weight is 318 g/mol. The van der Waals surface area contributed by atoms with Gasteiger partial charge in [0.2, 0.25) is 0 Å². The van der Waals surface area contributed by atoms with Crippen molar-refractivity contribution in [3.8, 4) is 0 Å². The molecule has 1 rings (SSSR count). The maximum atomic E-state index is 12.2. The molecule has 0 aromatic carbocycles. The SMILES string of the molecule is NCc1cc(C(F)F)nc(Cl)c1I. The molecule has 0 saturated heterocycles. The van der Waals surface area contributed by atoms with Gasteiger partial charge in [-0.05, 0) is 34.2 Å². The smallest absolute Gasteiger partial charge is 0.280 e. The van der Waals surface area contributed by atoms with Crippen LogP contribution in [0, 0.1) is 3.57 Å². The van der Waals surface area contributed by atoms with Crippen molar-refractivity contribution in [3.63, 3.8) is 0 Å². The molecule has 72 valence electrons. The Hall–Kier alpha value is -0.0100. The third-order valence-corrected chi connectivity index (χ3v) is 3.25. The highest BCUT2D eigenvalue weighted by molar-refractivity contribution is 14.1. The van der Waals surface area contributed by atoms with E-state index in [2.05, 4.69) is 4.98 Å². The molecule has 0 aliphatic heterocycles. The van der Waals surface area contributed by atoms with E-state index < -0.39 is 6.43 Å². The molecule has 0 amide bonds. The van der Waals surface area contributed by atoms with E-state index in [9.17, 15) is 8.78 Å². The minimum Gasteiger partial charge on any atom is -0.326 e. The average Bonchev–Trinajstić information content (AvgIpc) is 2.09. The molecule has 1 aromatic heterocycles. The minimum absolute atomic E-state index is 0.0823. The summed E-state index contributed by atoms with van der Waals surface area (Å²) in [6.45, 7) is 0.181. The third kappa shape index (κ3) is 2.47. The number of hydrogen-bond acceptors (Lipinski definition) is 2. The predicted octanol–water partition coefficient (Wildman–Crippen LogP) is 2.74. The van der Waals surface area contributed by atoms with Crippen molar-refractivity contribution < 1.29 is 8.78 Å². The quantitative estimate of drug-likeness (QED) is 0.673. The summed E-state index contributed by atoms with van der Waals surface area (Å²) in [5.74, 6) is 0. The molecule has 2 N–H and O–H groups in total. The summed E-state index contributed by atoms with van der Waals surface area (Å²) in [5.41, 5.74) is 5.62. The fourth-order valence-electron chi connectivity index (χ4n) is 0.829. The zero-order valence-electron chi connectivity index (χ0n) is 6.40. The van der Waals surface area contributed by atoms with Gasteiger partial charge < -0.3 is 5.73 Å². The molecule has 2 nitrogen and oxygen atoms in total. The molecular weight excluding hydrogens is 312 g/mol. The Balaban J connectivity index is 3.22. The first-order valence-corrected chi connectivity index (χ1v) is 4.85. The molecule has 0 fully saturated rings. The fourth-order valence-corrected chi connectivity index (χ4v) is 1.54. The molecule has 0 aliphatic rings. The van der Waals surface area contributed by atoms with Gasteiger partial charge in [0.1, 0.15) is 10.8 Å². The lowest BCUT2D eigenvalue weighted by molar-refractivity contribution is 0.146. The predicted molar refractivity (Wildman–Crippen MR) is 54.8 cm³/mol. The van der Waals surface area contributed by atoms with Crippen molar-refractivity contribution in [2.75, 3.05) is 0 Å². The Morgan fingerprint density at radius 3 is 2.69 bits per heavy atom. The van der Waals surface area contributed by atoms with Crippen LogP contribution in [0.3, 0.4) is 0 Å². The van der Waals surface area contributed by atoms with Crippen molar-refractivity contribution in [2.45, 2.75) is 13.0 Å². The van der Waals surface area contributed by atoms with Gasteiger partial charge in [-0.15, -0.1) is 0 Å². The van der Waals surface area contributed by atoms with Crippen molar-refractivity contribution in [1.82, 2.24) is 4.98 Å². The molecule has 0 spiro atoms. The molecule has 13 heavy (non-hydrogen) atoms. The molecule has 1 heterocycles. The number of nitrogens with two attached hydrogens (primary N) is 1. The lowest BCUT2D eigenvalue weighted by Crippen LogP contribution is -2.03. The fraction of sp³-hybridized carbons (Fsp3) is 0.286. The Morgan fingerprint density at radius 2 is 2.23 bits per heavy atom. The summed E-state index contributed by atoms with van der Waals surface area (Å²) in [4.78, 5) is 3.53. The van der Waals surface area contributed by atoms with E-state index in [1.165, 1.54) is 6.07 Å². The second-order valence-corrected chi connectivity index (χ2v) is 3.75. The van der Waals surface area contributed by atoms with Gasteiger partial charge in [-0.2, -0.15) is 0 Å². The summed E-state index contributed by atoms with van der Waals surface area (Å²) >= 11 is 7.56. The normalized spacial score (nSPS) is 10.9. The van der Waals surface area contributed by atoms with Gasteiger partial charge in [0.25, 0.3) is 6.43 Å². The Labute approximate surface area is 92.6 Å². The number of alkyl halides is 2. The highest BCUT2D eigenvalue weighted by atomic mass is 127. The lowest BCUT2D eigenvalue weighted by atomic mass is 10.2. The van der Waals surface area contributed by atoms with Crippen LogP contribution in [0.2, 0.25) is 5.15 Å². The summed E-state index contributed by atoms with van der Waals surface area (Å²) in [5, 5.41) is 0.0823. The van der Waals surface area contributed by atoms with Gasteiger partial charge in [-0.3, -0.25) is 0 Å². The Morgan fingerprint density at radius 1 is 1.62 bits per heavy atom. The van der Waals surface area contributed by atoms with Crippen molar-refractivity contribution in [2.24, 2.45) is 5.73 Å². The van der Waals surface area contributed by atoms with E-state index in [-0.39, 0.29) is 17.4 Å². The van der Waals surface area contributed by atoms with E-state index >= 15 is 0 Å². The number of hydrogen-bond donors (Lipinski definition) is 1. The number of pyridine rings is 1. The number of halogens is 4. The number of aromatic nitrogens is 1. The van der Waals surface area contributed by atoms with Crippen molar-refractivity contribution >= 4 is 34.2 Å². The topological polar surface area (TPSA) is 38.9 Å². The molecule has 0 radical (unpaired) electrons. The second-order valence-electron chi connectivity index (χ2n) is 2.32. The molecule has 6 heteroatoms. The highest BCUT2D eigenvalue weighted by Crippen LogP contribution is 2.25. The molecule has 1 aromatic rings. The third-order valence-electron chi connectivity index (χ3n) is 1.46. The lowest BCUT2D eigenvalue weighted by Gasteiger charge is -2.06. The first kappa shape index (κ1) is 11.1. The number of nitrogens with zero attached hydrogens (tertiary/aromatic N) is 1. The standard InChI is InChI=1S/C7H6ClF2IN2/c8-6-5(11)3(2-12)1-4(13-6)7(9)10/h1,7H,2,12H2. The van der Waals surface area contributed by atoms with Crippen LogP contribution in [0.5, 0.6) is 0 Å². The van der Waals surface area contributed by atoms with Crippen LogP contribution in [0.4, 0.5) is 8.78 Å². The van der Waals surface area contributed by atoms with Gasteiger partial charge in [-0.25, -0.2) is 13.8 Å². The van der Waals surface area contributed by atoms with Gasteiger partial charge in [0, 0.05) is 6.54 Å². The van der Waals surface area contributed by atoms with Crippen LogP contribution in [0.15, 0.2) is 6.07 Å². The second kappa shape index (κ2) is 4.47. The van der Waals surface area contributed by atoms with Crippen LogP contribution in [0.25, 0.3) is 0 Å². The number of rotatable bonds is 2. The first-order chi connectivity index (χ1) is 6.06. The minimum atomic E-state index is -2.61. The Bertz CT molecular complexity index is 320. The summed E-state index contributed by atoms with van der Waals surface area (Å²) < 4.78 is 25.1.